The van der Waals surface area contributed by atoms with Crippen LogP contribution in [0, 0.1) is 5.92 Å². The molecule has 96 valence electrons. The van der Waals surface area contributed by atoms with Crippen molar-refractivity contribution in [1.29, 1.82) is 0 Å². The van der Waals surface area contributed by atoms with Crippen molar-refractivity contribution >= 4 is 0 Å². The molecule has 1 heterocycles. The van der Waals surface area contributed by atoms with E-state index in [4.69, 9.17) is 9.84 Å². The second-order valence-corrected chi connectivity index (χ2v) is 5.12. The molecule has 1 aliphatic heterocycles. The van der Waals surface area contributed by atoms with Gasteiger partial charge in [0.15, 0.2) is 0 Å². The molecule has 1 rings (SSSR count). The Bertz CT molecular complexity index is 192. The summed E-state index contributed by atoms with van der Waals surface area (Å²) < 4.78 is 5.94. The molecular weight excluding hydrogens is 202 g/mol. The molecule has 0 aromatic carbocycles. The number of hydrogen-bond donors (Lipinski definition) is 2. The maximum atomic E-state index is 8.99. The van der Waals surface area contributed by atoms with E-state index in [1.165, 1.54) is 0 Å². The molecule has 0 spiro atoms. The van der Waals surface area contributed by atoms with Crippen LogP contribution in [0.5, 0.6) is 0 Å². The van der Waals surface area contributed by atoms with E-state index < -0.39 is 0 Å². The molecule has 0 radical (unpaired) electrons. The molecule has 3 nitrogen and oxygen atoms in total. The number of nitrogens with one attached hydrogen (secondary N) is 1. The Morgan fingerprint density at radius 1 is 1.44 bits per heavy atom. The van der Waals surface area contributed by atoms with Crippen LogP contribution in [-0.2, 0) is 4.74 Å². The highest BCUT2D eigenvalue weighted by Crippen LogP contribution is 2.31. The van der Waals surface area contributed by atoms with Crippen LogP contribution in [0.3, 0.4) is 0 Å². The maximum absolute atomic E-state index is 8.99. The van der Waals surface area contributed by atoms with Crippen molar-refractivity contribution in [3.8, 4) is 0 Å². The summed E-state index contributed by atoms with van der Waals surface area (Å²) >= 11 is 0. The Balaban J connectivity index is 2.38. The minimum absolute atomic E-state index is 0.0956. The van der Waals surface area contributed by atoms with Gasteiger partial charge in [-0.15, -0.1) is 0 Å². The van der Waals surface area contributed by atoms with Crippen molar-refractivity contribution in [2.45, 2.75) is 58.1 Å². The van der Waals surface area contributed by atoms with Crippen LogP contribution in [0.25, 0.3) is 0 Å². The molecule has 0 bridgehead atoms. The average Bonchev–Trinajstić information content (AvgIpc) is 2.36. The van der Waals surface area contributed by atoms with E-state index in [1.807, 2.05) is 0 Å². The first-order chi connectivity index (χ1) is 7.65. The zero-order valence-corrected chi connectivity index (χ0v) is 11.0. The lowest BCUT2D eigenvalue weighted by atomic mass is 9.86. The first-order valence-electron chi connectivity index (χ1n) is 6.64. The molecule has 2 unspecified atom stereocenters. The van der Waals surface area contributed by atoms with Gasteiger partial charge in [-0.2, -0.15) is 0 Å². The largest absolute Gasteiger partial charge is 0.396 e. The quantitative estimate of drug-likeness (QED) is 0.731. The zero-order chi connectivity index (χ0) is 12.0. The van der Waals surface area contributed by atoms with Crippen LogP contribution in [0.2, 0.25) is 0 Å². The Kier molecular flexibility index (Phi) is 5.73. The number of rotatable bonds is 6. The summed E-state index contributed by atoms with van der Waals surface area (Å²) in [4.78, 5) is 0. The van der Waals surface area contributed by atoms with Crippen molar-refractivity contribution in [2.75, 3.05) is 19.8 Å². The third-order valence-electron chi connectivity index (χ3n) is 3.85. The second-order valence-electron chi connectivity index (χ2n) is 5.12. The molecule has 2 atom stereocenters. The van der Waals surface area contributed by atoms with Crippen LogP contribution in [-0.4, -0.2) is 36.5 Å². The van der Waals surface area contributed by atoms with Crippen molar-refractivity contribution in [3.63, 3.8) is 0 Å². The number of hydrogen-bond acceptors (Lipinski definition) is 3. The monoisotopic (exact) mass is 229 g/mol. The van der Waals surface area contributed by atoms with E-state index in [-0.39, 0.29) is 12.2 Å². The van der Waals surface area contributed by atoms with Gasteiger partial charge in [0.1, 0.15) is 0 Å². The van der Waals surface area contributed by atoms with Crippen LogP contribution >= 0.6 is 0 Å². The van der Waals surface area contributed by atoms with E-state index >= 15 is 0 Å². The number of aliphatic hydroxyl groups excluding tert-OH is 1. The summed E-state index contributed by atoms with van der Waals surface area (Å²) in [6.07, 6.45) is 4.40. The third-order valence-corrected chi connectivity index (χ3v) is 3.85. The molecule has 0 amide bonds. The van der Waals surface area contributed by atoms with Crippen molar-refractivity contribution in [2.24, 2.45) is 5.92 Å². The number of ether oxygens (including phenoxy) is 1. The summed E-state index contributed by atoms with van der Waals surface area (Å²) in [6.45, 7) is 8.53. The van der Waals surface area contributed by atoms with Gasteiger partial charge in [0.2, 0.25) is 0 Å². The van der Waals surface area contributed by atoms with Gasteiger partial charge >= 0.3 is 0 Å². The predicted molar refractivity (Wildman–Crippen MR) is 66.5 cm³/mol. The molecule has 1 fully saturated rings. The van der Waals surface area contributed by atoms with E-state index in [9.17, 15) is 0 Å². The van der Waals surface area contributed by atoms with Crippen LogP contribution in [0.15, 0.2) is 0 Å². The highest BCUT2D eigenvalue weighted by molar-refractivity contribution is 4.88. The molecule has 16 heavy (non-hydrogen) atoms. The Labute approximate surface area is 99.6 Å². The molecule has 1 aliphatic rings. The smallest absolute Gasteiger partial charge is 0.0692 e. The highest BCUT2D eigenvalue weighted by atomic mass is 16.5. The minimum Gasteiger partial charge on any atom is -0.396 e. The van der Waals surface area contributed by atoms with Crippen LogP contribution in [0.4, 0.5) is 0 Å². The Hall–Kier alpha value is -0.120. The van der Waals surface area contributed by atoms with E-state index in [2.05, 4.69) is 26.1 Å². The van der Waals surface area contributed by atoms with Gasteiger partial charge in [-0.05, 0) is 31.6 Å². The molecule has 1 saturated heterocycles. The molecule has 0 saturated carbocycles. The minimum atomic E-state index is 0.0956. The fourth-order valence-corrected chi connectivity index (χ4v) is 2.38. The van der Waals surface area contributed by atoms with Gasteiger partial charge in [-0.3, -0.25) is 0 Å². The lowest BCUT2D eigenvalue weighted by molar-refractivity contribution is -0.0933. The lowest BCUT2D eigenvalue weighted by Crippen LogP contribution is -2.47. The first-order valence-corrected chi connectivity index (χ1v) is 6.64. The van der Waals surface area contributed by atoms with Gasteiger partial charge in [-0.25, -0.2) is 0 Å². The van der Waals surface area contributed by atoms with E-state index in [1.54, 1.807) is 0 Å². The van der Waals surface area contributed by atoms with Crippen molar-refractivity contribution in [1.82, 2.24) is 5.32 Å². The van der Waals surface area contributed by atoms with Gasteiger partial charge in [-0.1, -0.05) is 20.8 Å². The highest BCUT2D eigenvalue weighted by Gasteiger charge is 2.34. The lowest BCUT2D eigenvalue weighted by Gasteiger charge is -2.40. The van der Waals surface area contributed by atoms with E-state index in [0.29, 0.717) is 12.0 Å². The summed E-state index contributed by atoms with van der Waals surface area (Å²) in [5.74, 6) is 0.348. The molecular formula is C13H27NO2. The number of aliphatic hydroxyl groups is 1. The van der Waals surface area contributed by atoms with Crippen LogP contribution < -0.4 is 5.32 Å². The van der Waals surface area contributed by atoms with Gasteiger partial charge in [0.25, 0.3) is 0 Å². The van der Waals surface area contributed by atoms with Crippen molar-refractivity contribution in [3.05, 3.63) is 0 Å². The van der Waals surface area contributed by atoms with Gasteiger partial charge < -0.3 is 15.2 Å². The first kappa shape index (κ1) is 13.9. The molecule has 0 aromatic heterocycles. The summed E-state index contributed by atoms with van der Waals surface area (Å²) in [7, 11) is 0. The molecule has 2 N–H and O–H groups in total. The zero-order valence-electron chi connectivity index (χ0n) is 11.0. The molecule has 0 aromatic rings. The standard InChI is InChI=1S/C13H27NO2/c1-4-13(5-2)8-12(6-7-16-13)14-9-11(3)10-15/h11-12,14-15H,4-10H2,1-3H3. The van der Waals surface area contributed by atoms with Crippen LogP contribution in [0.1, 0.15) is 46.5 Å². The average molecular weight is 229 g/mol. The molecule has 0 aliphatic carbocycles. The Morgan fingerprint density at radius 3 is 2.69 bits per heavy atom. The fourth-order valence-electron chi connectivity index (χ4n) is 2.38. The summed E-state index contributed by atoms with van der Waals surface area (Å²) in [6, 6.07) is 0.558. The molecule has 3 heteroatoms. The maximum Gasteiger partial charge on any atom is 0.0692 e. The normalized spacial score (nSPS) is 26.6. The van der Waals surface area contributed by atoms with Gasteiger partial charge in [0.05, 0.1) is 5.60 Å². The summed E-state index contributed by atoms with van der Waals surface area (Å²) in [5, 5.41) is 12.6. The topological polar surface area (TPSA) is 41.5 Å². The Morgan fingerprint density at radius 2 is 2.12 bits per heavy atom. The van der Waals surface area contributed by atoms with E-state index in [0.717, 1.165) is 38.8 Å². The van der Waals surface area contributed by atoms with Crippen molar-refractivity contribution < 1.29 is 9.84 Å². The van der Waals surface area contributed by atoms with Gasteiger partial charge in [0, 0.05) is 25.8 Å². The predicted octanol–water partition coefficient (Wildman–Crippen LogP) is 1.94. The third kappa shape index (κ3) is 3.72. The fraction of sp³-hybridized carbons (Fsp3) is 1.00. The SMILES string of the molecule is CCC1(CC)CC(NCC(C)CO)CCO1. The summed E-state index contributed by atoms with van der Waals surface area (Å²) in [5.41, 5.74) is 0.0956. The second kappa shape index (κ2) is 6.58.